The molecule has 0 saturated heterocycles. The predicted octanol–water partition coefficient (Wildman–Crippen LogP) is 3.24. The second-order valence-electron chi connectivity index (χ2n) is 3.94. The van der Waals surface area contributed by atoms with E-state index in [1.807, 2.05) is 31.2 Å². The smallest absolute Gasteiger partial charge is 0.123 e. The van der Waals surface area contributed by atoms with Crippen molar-refractivity contribution >= 4 is 17.1 Å². The van der Waals surface area contributed by atoms with E-state index in [0.29, 0.717) is 0 Å². The monoisotopic (exact) mass is 243 g/mol. The van der Waals surface area contributed by atoms with E-state index in [2.05, 4.69) is 10.5 Å². The van der Waals surface area contributed by atoms with Crippen LogP contribution in [0.2, 0.25) is 0 Å². The molecule has 3 nitrogen and oxygen atoms in total. The first-order valence-electron chi connectivity index (χ1n) is 5.57. The van der Waals surface area contributed by atoms with E-state index in [1.165, 1.54) is 12.1 Å². The van der Waals surface area contributed by atoms with Crippen molar-refractivity contribution in [2.75, 3.05) is 11.2 Å². The van der Waals surface area contributed by atoms with Crippen LogP contribution < -0.4 is 11.2 Å². The molecule has 0 heterocycles. The van der Waals surface area contributed by atoms with Gasteiger partial charge in [-0.15, -0.1) is 0 Å². The molecule has 2 rings (SSSR count). The molecule has 2 aromatic carbocycles. The molecule has 0 radical (unpaired) electrons. The van der Waals surface area contributed by atoms with Gasteiger partial charge in [0.25, 0.3) is 0 Å². The van der Waals surface area contributed by atoms with Crippen molar-refractivity contribution < 1.29 is 4.39 Å². The molecule has 4 heteroatoms. The Morgan fingerprint density at radius 2 is 1.67 bits per heavy atom. The molecule has 0 spiro atoms. The second-order valence-corrected chi connectivity index (χ2v) is 3.94. The molecule has 0 aromatic heterocycles. The number of hydrogen-bond acceptors (Lipinski definition) is 3. The average molecular weight is 243 g/mol. The Labute approximate surface area is 105 Å². The van der Waals surface area contributed by atoms with Crippen molar-refractivity contribution in [3.05, 3.63) is 59.9 Å². The van der Waals surface area contributed by atoms with Gasteiger partial charge in [-0.3, -0.25) is 5.43 Å². The third-order valence-corrected chi connectivity index (χ3v) is 2.53. The summed E-state index contributed by atoms with van der Waals surface area (Å²) >= 11 is 0. The summed E-state index contributed by atoms with van der Waals surface area (Å²) in [5.41, 5.74) is 11.8. The number of rotatable bonds is 3. The minimum atomic E-state index is -0.264. The molecular weight excluding hydrogens is 229 g/mol. The topological polar surface area (TPSA) is 50.4 Å². The molecule has 0 bridgehead atoms. The zero-order valence-electron chi connectivity index (χ0n) is 10.0. The lowest BCUT2D eigenvalue weighted by Gasteiger charge is -2.04. The van der Waals surface area contributed by atoms with Crippen LogP contribution in [0.5, 0.6) is 0 Å². The van der Waals surface area contributed by atoms with Crippen LogP contribution >= 0.6 is 0 Å². The van der Waals surface area contributed by atoms with E-state index in [4.69, 9.17) is 5.73 Å². The molecule has 0 saturated carbocycles. The summed E-state index contributed by atoms with van der Waals surface area (Å²) in [4.78, 5) is 0. The van der Waals surface area contributed by atoms with Gasteiger partial charge >= 0.3 is 0 Å². The first kappa shape index (κ1) is 12.1. The second kappa shape index (κ2) is 5.31. The lowest BCUT2D eigenvalue weighted by atomic mass is 10.1. The quantitative estimate of drug-likeness (QED) is 0.494. The highest BCUT2D eigenvalue weighted by atomic mass is 19.1. The molecule has 0 aliphatic heterocycles. The first-order valence-corrected chi connectivity index (χ1v) is 5.57. The van der Waals surface area contributed by atoms with Crippen molar-refractivity contribution in [2.24, 2.45) is 5.10 Å². The van der Waals surface area contributed by atoms with E-state index in [9.17, 15) is 4.39 Å². The minimum Gasteiger partial charge on any atom is -0.399 e. The maximum absolute atomic E-state index is 12.7. The molecule has 0 fully saturated rings. The largest absolute Gasteiger partial charge is 0.399 e. The predicted molar refractivity (Wildman–Crippen MR) is 73.1 cm³/mol. The van der Waals surface area contributed by atoms with E-state index < -0.39 is 0 Å². The van der Waals surface area contributed by atoms with E-state index in [0.717, 1.165) is 22.6 Å². The van der Waals surface area contributed by atoms with Crippen LogP contribution in [0.4, 0.5) is 15.8 Å². The number of hydrazone groups is 1. The molecule has 0 aliphatic carbocycles. The fraction of sp³-hybridized carbons (Fsp3) is 0.0714. The van der Waals surface area contributed by atoms with Gasteiger partial charge < -0.3 is 5.73 Å². The van der Waals surface area contributed by atoms with Crippen LogP contribution in [-0.4, -0.2) is 5.71 Å². The van der Waals surface area contributed by atoms with Gasteiger partial charge in [0.15, 0.2) is 0 Å². The molecule has 0 aliphatic rings. The van der Waals surface area contributed by atoms with Gasteiger partial charge in [-0.1, -0.05) is 12.1 Å². The molecule has 0 unspecified atom stereocenters. The van der Waals surface area contributed by atoms with Gasteiger partial charge in [-0.05, 0) is 48.9 Å². The number of anilines is 2. The van der Waals surface area contributed by atoms with Gasteiger partial charge in [0.05, 0.1) is 11.4 Å². The lowest BCUT2D eigenvalue weighted by molar-refractivity contribution is 0.628. The highest BCUT2D eigenvalue weighted by Gasteiger charge is 1.97. The van der Waals surface area contributed by atoms with Gasteiger partial charge in [0.1, 0.15) is 5.82 Å². The van der Waals surface area contributed by atoms with Crippen molar-refractivity contribution in [3.63, 3.8) is 0 Å². The average Bonchev–Trinajstić information content (AvgIpc) is 2.38. The van der Waals surface area contributed by atoms with Crippen molar-refractivity contribution in [2.45, 2.75) is 6.92 Å². The Hall–Kier alpha value is -2.36. The third-order valence-electron chi connectivity index (χ3n) is 2.53. The van der Waals surface area contributed by atoms with E-state index in [1.54, 1.807) is 12.1 Å². The molecule has 92 valence electrons. The van der Waals surface area contributed by atoms with Gasteiger partial charge in [0.2, 0.25) is 0 Å². The van der Waals surface area contributed by atoms with Crippen LogP contribution in [0.15, 0.2) is 53.6 Å². The lowest BCUT2D eigenvalue weighted by Crippen LogP contribution is -2.00. The van der Waals surface area contributed by atoms with Crippen LogP contribution in [-0.2, 0) is 0 Å². The van der Waals surface area contributed by atoms with Crippen molar-refractivity contribution in [1.82, 2.24) is 0 Å². The van der Waals surface area contributed by atoms with Crippen LogP contribution in [0.1, 0.15) is 12.5 Å². The van der Waals surface area contributed by atoms with Crippen LogP contribution in [0.25, 0.3) is 0 Å². The highest BCUT2D eigenvalue weighted by molar-refractivity contribution is 5.99. The van der Waals surface area contributed by atoms with E-state index in [-0.39, 0.29) is 5.82 Å². The summed E-state index contributed by atoms with van der Waals surface area (Å²) < 4.78 is 12.7. The number of nitrogen functional groups attached to an aromatic ring is 1. The number of halogens is 1. The maximum atomic E-state index is 12.7. The Morgan fingerprint density at radius 3 is 2.28 bits per heavy atom. The minimum absolute atomic E-state index is 0.264. The summed E-state index contributed by atoms with van der Waals surface area (Å²) in [6.07, 6.45) is 0. The normalized spacial score (nSPS) is 11.3. The van der Waals surface area contributed by atoms with Gasteiger partial charge in [0, 0.05) is 5.69 Å². The third kappa shape index (κ3) is 3.07. The van der Waals surface area contributed by atoms with Crippen LogP contribution in [0, 0.1) is 5.82 Å². The molecule has 18 heavy (non-hydrogen) atoms. The molecule has 0 atom stereocenters. The zero-order chi connectivity index (χ0) is 13.0. The summed E-state index contributed by atoms with van der Waals surface area (Å²) in [5.74, 6) is -0.264. The summed E-state index contributed by atoms with van der Waals surface area (Å²) in [5, 5.41) is 4.23. The number of hydrogen-bond donors (Lipinski definition) is 2. The number of benzene rings is 2. The Balaban J connectivity index is 2.09. The van der Waals surface area contributed by atoms with Crippen molar-refractivity contribution in [3.8, 4) is 0 Å². The highest BCUT2D eigenvalue weighted by Crippen LogP contribution is 2.10. The number of nitrogens with two attached hydrogens (primary N) is 1. The fourth-order valence-corrected chi connectivity index (χ4v) is 1.46. The molecule has 3 N–H and O–H groups in total. The molecule has 2 aromatic rings. The number of nitrogens with zero attached hydrogens (tertiary/aromatic N) is 1. The Morgan fingerprint density at radius 1 is 1.06 bits per heavy atom. The summed E-state index contributed by atoms with van der Waals surface area (Å²) in [7, 11) is 0. The standard InChI is InChI=1S/C14H14FN3/c1-10(11-2-6-13(16)7-3-11)17-18-14-8-4-12(15)5-9-14/h2-9,18H,16H2,1H3/b17-10-. The first-order chi connectivity index (χ1) is 8.65. The van der Waals surface area contributed by atoms with Crippen LogP contribution in [0.3, 0.4) is 0 Å². The SMILES string of the molecule is C/C(=N/Nc1ccc(F)cc1)c1ccc(N)cc1. The molecular formula is C14H14FN3. The maximum Gasteiger partial charge on any atom is 0.123 e. The summed E-state index contributed by atoms with van der Waals surface area (Å²) in [6, 6.07) is 13.5. The van der Waals surface area contributed by atoms with E-state index >= 15 is 0 Å². The van der Waals surface area contributed by atoms with Crippen molar-refractivity contribution in [1.29, 1.82) is 0 Å². The summed E-state index contributed by atoms with van der Waals surface area (Å²) in [6.45, 7) is 1.89. The van der Waals surface area contributed by atoms with Gasteiger partial charge in [-0.2, -0.15) is 5.10 Å². The Kier molecular flexibility index (Phi) is 3.57. The van der Waals surface area contributed by atoms with Gasteiger partial charge in [-0.25, -0.2) is 4.39 Å². The fourth-order valence-electron chi connectivity index (χ4n) is 1.46. The Bertz CT molecular complexity index is 544. The number of nitrogens with one attached hydrogen (secondary N) is 1. The molecule has 0 amide bonds. The zero-order valence-corrected chi connectivity index (χ0v) is 10.0.